The third-order valence-corrected chi connectivity index (χ3v) is 3.05. The lowest BCUT2D eigenvalue weighted by molar-refractivity contribution is 0.587. The zero-order valence-electron chi connectivity index (χ0n) is 9.43. The fourth-order valence-corrected chi connectivity index (χ4v) is 2.17. The number of nitrogens with one attached hydrogen (secondary N) is 1. The molecule has 16 heavy (non-hydrogen) atoms. The molecule has 0 aliphatic heterocycles. The summed E-state index contributed by atoms with van der Waals surface area (Å²) in [6, 6.07) is 5.82. The van der Waals surface area contributed by atoms with Gasteiger partial charge in [-0.25, -0.2) is 4.98 Å². The molecule has 1 heterocycles. The summed E-state index contributed by atoms with van der Waals surface area (Å²) in [6.07, 6.45) is 3.32. The van der Waals surface area contributed by atoms with Gasteiger partial charge in [0, 0.05) is 41.6 Å². The van der Waals surface area contributed by atoms with E-state index in [-0.39, 0.29) is 6.04 Å². The van der Waals surface area contributed by atoms with Gasteiger partial charge in [-0.3, -0.25) is 4.21 Å². The summed E-state index contributed by atoms with van der Waals surface area (Å²) in [5.74, 6) is 0.635. The lowest BCUT2D eigenvalue weighted by atomic mass is 10.2. The topological polar surface area (TPSA) is 65.8 Å². The molecule has 0 amide bonds. The Hall–Kier alpha value is -1.25. The fourth-order valence-electron chi connectivity index (χ4n) is 1.35. The lowest BCUT2D eigenvalue weighted by Gasteiger charge is -2.12. The molecule has 2 atom stereocenters. The summed E-state index contributed by atoms with van der Waals surface area (Å²) in [7, 11) is -0.787. The van der Waals surface area contributed by atoms with Crippen LogP contribution in [0.25, 0.3) is 0 Å². The molecule has 0 saturated heterocycles. The summed E-state index contributed by atoms with van der Waals surface area (Å²) in [6.45, 7) is 2.66. The smallest absolute Gasteiger partial charge is 0.140 e. The number of rotatable bonds is 5. The van der Waals surface area contributed by atoms with Crippen LogP contribution in [0.5, 0.6) is 0 Å². The van der Waals surface area contributed by atoms with Gasteiger partial charge in [-0.2, -0.15) is 5.26 Å². The van der Waals surface area contributed by atoms with E-state index in [2.05, 4.69) is 10.3 Å². The third kappa shape index (κ3) is 4.51. The van der Waals surface area contributed by atoms with Gasteiger partial charge >= 0.3 is 0 Å². The Morgan fingerprint density at radius 2 is 2.44 bits per heavy atom. The first-order valence-corrected chi connectivity index (χ1v) is 6.73. The Kier molecular flexibility index (Phi) is 5.09. The number of nitrogens with zero attached hydrogens (tertiary/aromatic N) is 2. The van der Waals surface area contributed by atoms with E-state index >= 15 is 0 Å². The average Bonchev–Trinajstić information content (AvgIpc) is 2.26. The molecular formula is C11H15N3OS. The lowest BCUT2D eigenvalue weighted by Crippen LogP contribution is -2.30. The van der Waals surface area contributed by atoms with Crippen molar-refractivity contribution in [3.63, 3.8) is 0 Å². The second kappa shape index (κ2) is 6.36. The Balaban J connectivity index is 2.48. The van der Waals surface area contributed by atoms with Crippen LogP contribution in [0.3, 0.4) is 0 Å². The molecule has 2 unspecified atom stereocenters. The maximum Gasteiger partial charge on any atom is 0.140 e. The zero-order valence-corrected chi connectivity index (χ0v) is 10.3. The van der Waals surface area contributed by atoms with Crippen molar-refractivity contribution in [2.45, 2.75) is 19.5 Å². The van der Waals surface area contributed by atoms with Gasteiger partial charge in [-0.1, -0.05) is 0 Å². The van der Waals surface area contributed by atoms with E-state index in [1.807, 2.05) is 19.1 Å². The van der Waals surface area contributed by atoms with Crippen LogP contribution in [0, 0.1) is 11.3 Å². The first-order valence-electron chi connectivity index (χ1n) is 5.00. The van der Waals surface area contributed by atoms with Crippen LogP contribution in [0.2, 0.25) is 0 Å². The van der Waals surface area contributed by atoms with Gasteiger partial charge in [0.15, 0.2) is 0 Å². The van der Waals surface area contributed by atoms with E-state index in [9.17, 15) is 4.21 Å². The minimum absolute atomic E-state index is 0.199. The maximum absolute atomic E-state index is 11.0. The van der Waals surface area contributed by atoms with E-state index in [1.165, 1.54) is 0 Å². The molecule has 0 aliphatic carbocycles. The molecule has 0 aromatic carbocycles. The van der Waals surface area contributed by atoms with Gasteiger partial charge in [0.25, 0.3) is 0 Å². The Morgan fingerprint density at radius 3 is 3.06 bits per heavy atom. The van der Waals surface area contributed by atoms with Crippen molar-refractivity contribution in [3.8, 4) is 6.07 Å². The molecule has 1 rings (SSSR count). The number of hydrogen-bond acceptors (Lipinski definition) is 4. The molecular weight excluding hydrogens is 222 g/mol. The number of nitriles is 1. The van der Waals surface area contributed by atoms with Crippen molar-refractivity contribution >= 4 is 10.8 Å². The average molecular weight is 237 g/mol. The van der Waals surface area contributed by atoms with Crippen molar-refractivity contribution < 1.29 is 4.21 Å². The number of pyridine rings is 1. The van der Waals surface area contributed by atoms with Crippen LogP contribution in [-0.2, 0) is 17.3 Å². The molecule has 0 aliphatic rings. The minimum Gasteiger partial charge on any atom is -0.309 e. The van der Waals surface area contributed by atoms with Crippen molar-refractivity contribution in [2.24, 2.45) is 0 Å². The second-order valence-electron chi connectivity index (χ2n) is 3.68. The van der Waals surface area contributed by atoms with Crippen LogP contribution in [0.15, 0.2) is 18.3 Å². The van der Waals surface area contributed by atoms with Crippen molar-refractivity contribution in [2.75, 3.05) is 12.0 Å². The molecule has 0 radical (unpaired) electrons. The molecule has 1 aromatic rings. The molecule has 86 valence electrons. The quantitative estimate of drug-likeness (QED) is 0.823. The summed E-state index contributed by atoms with van der Waals surface area (Å²) >= 11 is 0. The van der Waals surface area contributed by atoms with Crippen LogP contribution in [0.4, 0.5) is 0 Å². The molecule has 0 fully saturated rings. The van der Waals surface area contributed by atoms with Crippen LogP contribution < -0.4 is 5.32 Å². The van der Waals surface area contributed by atoms with Crippen molar-refractivity contribution in [1.82, 2.24) is 10.3 Å². The van der Waals surface area contributed by atoms with Gasteiger partial charge in [0.1, 0.15) is 11.8 Å². The molecule has 1 N–H and O–H groups in total. The Labute approximate surface area is 98.2 Å². The molecule has 0 bridgehead atoms. The standard InChI is InChI=1S/C11H15N3OS/c1-9(8-16(2)15)14-7-10-3-4-13-11(5-10)6-12/h3-5,9,14H,7-8H2,1-2H3. The molecule has 4 nitrogen and oxygen atoms in total. The number of aromatic nitrogens is 1. The van der Waals surface area contributed by atoms with E-state index in [4.69, 9.17) is 5.26 Å². The molecule has 0 spiro atoms. The van der Waals surface area contributed by atoms with E-state index in [0.29, 0.717) is 18.0 Å². The fraction of sp³-hybridized carbons (Fsp3) is 0.455. The van der Waals surface area contributed by atoms with Gasteiger partial charge in [-0.15, -0.1) is 0 Å². The SMILES string of the molecule is CC(CS(C)=O)NCc1ccnc(C#N)c1. The molecule has 1 aromatic heterocycles. The van der Waals surface area contributed by atoms with Crippen LogP contribution in [0.1, 0.15) is 18.2 Å². The molecule has 5 heteroatoms. The second-order valence-corrected chi connectivity index (χ2v) is 5.16. The van der Waals surface area contributed by atoms with Crippen molar-refractivity contribution in [1.29, 1.82) is 5.26 Å². The monoisotopic (exact) mass is 237 g/mol. The van der Waals surface area contributed by atoms with Gasteiger partial charge in [-0.05, 0) is 24.6 Å². The maximum atomic E-state index is 11.0. The normalized spacial score (nSPS) is 14.1. The van der Waals surface area contributed by atoms with Gasteiger partial charge in [0.2, 0.25) is 0 Å². The van der Waals surface area contributed by atoms with E-state index < -0.39 is 10.8 Å². The highest BCUT2D eigenvalue weighted by Gasteiger charge is 2.04. The first-order chi connectivity index (χ1) is 7.61. The van der Waals surface area contributed by atoms with Gasteiger partial charge in [0.05, 0.1) is 0 Å². The van der Waals surface area contributed by atoms with Crippen LogP contribution in [-0.4, -0.2) is 27.2 Å². The summed E-state index contributed by atoms with van der Waals surface area (Å²) in [4.78, 5) is 3.90. The summed E-state index contributed by atoms with van der Waals surface area (Å²) < 4.78 is 11.0. The minimum atomic E-state index is -0.787. The van der Waals surface area contributed by atoms with Crippen LogP contribution >= 0.6 is 0 Å². The highest BCUT2D eigenvalue weighted by molar-refractivity contribution is 7.84. The summed E-state index contributed by atoms with van der Waals surface area (Å²) in [5.41, 5.74) is 1.44. The highest BCUT2D eigenvalue weighted by Crippen LogP contribution is 2.01. The molecule has 0 saturated carbocycles. The predicted molar refractivity (Wildman–Crippen MR) is 64.2 cm³/mol. The van der Waals surface area contributed by atoms with Crippen molar-refractivity contribution in [3.05, 3.63) is 29.6 Å². The highest BCUT2D eigenvalue weighted by atomic mass is 32.2. The Morgan fingerprint density at radius 1 is 1.69 bits per heavy atom. The van der Waals surface area contributed by atoms with E-state index in [0.717, 1.165) is 5.56 Å². The Bertz CT molecular complexity index is 414. The largest absolute Gasteiger partial charge is 0.309 e. The van der Waals surface area contributed by atoms with E-state index in [1.54, 1.807) is 18.5 Å². The summed E-state index contributed by atoms with van der Waals surface area (Å²) in [5, 5.41) is 11.9. The van der Waals surface area contributed by atoms with Gasteiger partial charge < -0.3 is 5.32 Å². The first kappa shape index (κ1) is 12.8. The predicted octanol–water partition coefficient (Wildman–Crippen LogP) is 0.810. The zero-order chi connectivity index (χ0) is 12.0. The number of hydrogen-bond donors (Lipinski definition) is 1. The third-order valence-electron chi connectivity index (χ3n) is 2.08.